The lowest BCUT2D eigenvalue weighted by Crippen LogP contribution is -2.32. The largest absolute Gasteiger partial charge is 0.473 e. The van der Waals surface area contributed by atoms with Gasteiger partial charge in [0.15, 0.2) is 6.73 Å². The highest BCUT2D eigenvalue weighted by Gasteiger charge is 2.03. The van der Waals surface area contributed by atoms with Gasteiger partial charge in [-0.15, -0.1) is 0 Å². The van der Waals surface area contributed by atoms with Crippen LogP contribution in [0.2, 0.25) is 0 Å². The summed E-state index contributed by atoms with van der Waals surface area (Å²) in [5, 5.41) is 5.45. The van der Waals surface area contributed by atoms with Crippen molar-refractivity contribution in [2.75, 3.05) is 12.0 Å². The van der Waals surface area contributed by atoms with Gasteiger partial charge in [-0.05, 0) is 42.7 Å². The van der Waals surface area contributed by atoms with E-state index in [1.54, 1.807) is 0 Å². The van der Waals surface area contributed by atoms with E-state index in [9.17, 15) is 4.79 Å². The molecule has 0 saturated heterocycles. The molecule has 0 saturated carbocycles. The van der Waals surface area contributed by atoms with E-state index in [0.717, 1.165) is 29.0 Å². The predicted molar refractivity (Wildman–Crippen MR) is 84.6 cm³/mol. The Morgan fingerprint density at radius 1 is 1.14 bits per heavy atom. The standard InChI is InChI=1S/C17H20N2O2/c1-3-14-8-4-5-10-16(14)21-12-18-17(20)19-15-9-6-7-13(2)11-15/h4-11H,3,12H2,1-2H3,(H2,18,19,20). The average Bonchev–Trinajstić information content (AvgIpc) is 2.47. The van der Waals surface area contributed by atoms with Crippen LogP contribution in [-0.4, -0.2) is 12.8 Å². The fraction of sp³-hybridized carbons (Fsp3) is 0.235. The van der Waals surface area contributed by atoms with Gasteiger partial charge in [0.2, 0.25) is 0 Å². The van der Waals surface area contributed by atoms with Crippen molar-refractivity contribution in [3.05, 3.63) is 59.7 Å². The first kappa shape index (κ1) is 14.9. The van der Waals surface area contributed by atoms with Crippen molar-refractivity contribution in [1.29, 1.82) is 0 Å². The van der Waals surface area contributed by atoms with Crippen molar-refractivity contribution >= 4 is 11.7 Å². The van der Waals surface area contributed by atoms with Gasteiger partial charge in [-0.25, -0.2) is 4.79 Å². The fourth-order valence-corrected chi connectivity index (χ4v) is 2.01. The maximum absolute atomic E-state index is 11.8. The van der Waals surface area contributed by atoms with E-state index in [0.29, 0.717) is 0 Å². The molecule has 2 amide bonds. The molecule has 0 aliphatic rings. The molecular weight excluding hydrogens is 264 g/mol. The van der Waals surface area contributed by atoms with Crippen LogP contribution in [0.4, 0.5) is 10.5 Å². The SMILES string of the molecule is CCc1ccccc1OCNC(=O)Nc1cccc(C)c1. The second-order valence-corrected chi connectivity index (χ2v) is 4.75. The van der Waals surface area contributed by atoms with E-state index in [1.807, 2.05) is 55.5 Å². The molecule has 2 rings (SSSR count). The number of urea groups is 1. The van der Waals surface area contributed by atoms with Crippen molar-refractivity contribution in [1.82, 2.24) is 5.32 Å². The Bertz CT molecular complexity index is 611. The molecule has 0 spiro atoms. The maximum atomic E-state index is 11.8. The third-order valence-corrected chi connectivity index (χ3v) is 3.09. The number of ether oxygens (including phenoxy) is 1. The molecule has 4 heteroatoms. The molecule has 21 heavy (non-hydrogen) atoms. The normalized spacial score (nSPS) is 10.0. The van der Waals surface area contributed by atoms with Crippen LogP contribution < -0.4 is 15.4 Å². The second-order valence-electron chi connectivity index (χ2n) is 4.75. The summed E-state index contributed by atoms with van der Waals surface area (Å²) in [6.07, 6.45) is 0.895. The zero-order valence-corrected chi connectivity index (χ0v) is 12.3. The van der Waals surface area contributed by atoms with Crippen molar-refractivity contribution in [2.45, 2.75) is 20.3 Å². The van der Waals surface area contributed by atoms with Gasteiger partial charge in [0, 0.05) is 5.69 Å². The number of rotatable bonds is 5. The molecule has 0 aliphatic heterocycles. The van der Waals surface area contributed by atoms with Gasteiger partial charge in [0.1, 0.15) is 5.75 Å². The maximum Gasteiger partial charge on any atom is 0.321 e. The first-order valence-electron chi connectivity index (χ1n) is 7.01. The summed E-state index contributed by atoms with van der Waals surface area (Å²) in [4.78, 5) is 11.8. The average molecular weight is 284 g/mol. The second kappa shape index (κ2) is 7.33. The highest BCUT2D eigenvalue weighted by molar-refractivity contribution is 5.89. The lowest BCUT2D eigenvalue weighted by molar-refractivity contribution is 0.234. The van der Waals surface area contributed by atoms with Gasteiger partial charge in [-0.2, -0.15) is 0 Å². The first-order valence-corrected chi connectivity index (χ1v) is 7.01. The third-order valence-electron chi connectivity index (χ3n) is 3.09. The van der Waals surface area contributed by atoms with Crippen molar-refractivity contribution in [3.8, 4) is 5.75 Å². The van der Waals surface area contributed by atoms with Crippen LogP contribution in [-0.2, 0) is 6.42 Å². The lowest BCUT2D eigenvalue weighted by Gasteiger charge is -2.12. The highest BCUT2D eigenvalue weighted by Crippen LogP contribution is 2.17. The van der Waals surface area contributed by atoms with Crippen LogP contribution in [0.3, 0.4) is 0 Å². The Morgan fingerprint density at radius 2 is 1.95 bits per heavy atom. The number of hydrogen-bond acceptors (Lipinski definition) is 2. The Labute approximate surface area is 125 Å². The number of aryl methyl sites for hydroxylation is 2. The van der Waals surface area contributed by atoms with Gasteiger partial charge in [-0.3, -0.25) is 0 Å². The summed E-state index contributed by atoms with van der Waals surface area (Å²) < 4.78 is 5.59. The van der Waals surface area contributed by atoms with Gasteiger partial charge >= 0.3 is 6.03 Å². The van der Waals surface area contributed by atoms with E-state index in [2.05, 4.69) is 17.6 Å². The summed E-state index contributed by atoms with van der Waals surface area (Å²) >= 11 is 0. The van der Waals surface area contributed by atoms with Gasteiger partial charge < -0.3 is 15.4 Å². The molecule has 0 radical (unpaired) electrons. The van der Waals surface area contributed by atoms with Crippen LogP contribution in [0.1, 0.15) is 18.1 Å². The molecule has 0 aliphatic carbocycles. The molecule has 0 heterocycles. The quantitative estimate of drug-likeness (QED) is 0.822. The van der Waals surface area contributed by atoms with Crippen LogP contribution in [0, 0.1) is 6.92 Å². The number of para-hydroxylation sites is 1. The van der Waals surface area contributed by atoms with Crippen LogP contribution in [0.15, 0.2) is 48.5 Å². The van der Waals surface area contributed by atoms with Crippen LogP contribution in [0.5, 0.6) is 5.75 Å². The molecular formula is C17H20N2O2. The molecule has 2 aromatic carbocycles. The van der Waals surface area contributed by atoms with Crippen LogP contribution in [0.25, 0.3) is 0 Å². The minimum absolute atomic E-state index is 0.134. The minimum Gasteiger partial charge on any atom is -0.473 e. The summed E-state index contributed by atoms with van der Waals surface area (Å²) in [5.41, 5.74) is 2.99. The van der Waals surface area contributed by atoms with E-state index in [4.69, 9.17) is 4.74 Å². The summed E-state index contributed by atoms with van der Waals surface area (Å²) in [6.45, 7) is 4.18. The van der Waals surface area contributed by atoms with E-state index >= 15 is 0 Å². The molecule has 4 nitrogen and oxygen atoms in total. The Kier molecular flexibility index (Phi) is 5.21. The summed E-state index contributed by atoms with van der Waals surface area (Å²) in [7, 11) is 0. The predicted octanol–water partition coefficient (Wildman–Crippen LogP) is 3.72. The lowest BCUT2D eigenvalue weighted by atomic mass is 10.1. The molecule has 0 atom stereocenters. The Morgan fingerprint density at radius 3 is 2.71 bits per heavy atom. The zero-order chi connectivity index (χ0) is 15.1. The molecule has 0 unspecified atom stereocenters. The smallest absolute Gasteiger partial charge is 0.321 e. The Hall–Kier alpha value is -2.49. The number of benzene rings is 2. The minimum atomic E-state index is -0.283. The number of amides is 2. The monoisotopic (exact) mass is 284 g/mol. The third kappa shape index (κ3) is 4.53. The van der Waals surface area contributed by atoms with Gasteiger partial charge in [0.05, 0.1) is 0 Å². The van der Waals surface area contributed by atoms with Crippen LogP contribution >= 0.6 is 0 Å². The van der Waals surface area contributed by atoms with Crippen molar-refractivity contribution in [3.63, 3.8) is 0 Å². The number of anilines is 1. The summed E-state index contributed by atoms with van der Waals surface area (Å²) in [5.74, 6) is 0.802. The van der Waals surface area contributed by atoms with Gasteiger partial charge in [-0.1, -0.05) is 37.3 Å². The Balaban J connectivity index is 1.82. The highest BCUT2D eigenvalue weighted by atomic mass is 16.5. The number of nitrogens with one attached hydrogen (secondary N) is 2. The molecule has 0 fully saturated rings. The number of carbonyl (C=O) groups excluding carboxylic acids is 1. The van der Waals surface area contributed by atoms with E-state index in [1.165, 1.54) is 0 Å². The van der Waals surface area contributed by atoms with Crippen molar-refractivity contribution in [2.24, 2.45) is 0 Å². The molecule has 110 valence electrons. The van der Waals surface area contributed by atoms with Gasteiger partial charge in [0.25, 0.3) is 0 Å². The molecule has 0 aromatic heterocycles. The first-order chi connectivity index (χ1) is 10.2. The summed E-state index contributed by atoms with van der Waals surface area (Å²) in [6, 6.07) is 15.2. The molecule has 2 N–H and O–H groups in total. The fourth-order valence-electron chi connectivity index (χ4n) is 2.01. The topological polar surface area (TPSA) is 50.4 Å². The molecule has 0 bridgehead atoms. The van der Waals surface area contributed by atoms with E-state index in [-0.39, 0.29) is 12.8 Å². The van der Waals surface area contributed by atoms with E-state index < -0.39 is 0 Å². The zero-order valence-electron chi connectivity index (χ0n) is 12.3. The number of carbonyl (C=O) groups is 1. The van der Waals surface area contributed by atoms with Crippen molar-refractivity contribution < 1.29 is 9.53 Å². The molecule has 2 aromatic rings. The number of hydrogen-bond donors (Lipinski definition) is 2.